The van der Waals surface area contributed by atoms with Gasteiger partial charge < -0.3 is 40.4 Å². The number of likely N-dealkylation sites (N-methyl/N-ethyl adjacent to an activating group) is 1. The molecule has 1 aromatic carbocycles. The minimum Gasteiger partial charge on any atom is -0.467 e. The summed E-state index contributed by atoms with van der Waals surface area (Å²) < 4.78 is 16.9. The van der Waals surface area contributed by atoms with Crippen LogP contribution in [0.15, 0.2) is 30.3 Å². The number of nitrogens with zero attached hydrogens (tertiary/aromatic N) is 2. The van der Waals surface area contributed by atoms with Crippen LogP contribution in [0.3, 0.4) is 0 Å². The summed E-state index contributed by atoms with van der Waals surface area (Å²) in [6.07, 6.45) is 1.43. The number of hydrogen-bond donors (Lipinski definition) is 3. The largest absolute Gasteiger partial charge is 0.467 e. The van der Waals surface area contributed by atoms with E-state index in [0.29, 0.717) is 25.8 Å². The quantitative estimate of drug-likeness (QED) is 0.171. The van der Waals surface area contributed by atoms with Gasteiger partial charge in [-0.2, -0.15) is 0 Å². The number of nitrogens with one attached hydrogen (secondary N) is 2. The van der Waals surface area contributed by atoms with Crippen LogP contribution in [0.2, 0.25) is 0 Å². The van der Waals surface area contributed by atoms with Crippen LogP contribution in [0, 0.1) is 17.8 Å². The molecule has 0 bridgehead atoms. The number of benzene rings is 1. The van der Waals surface area contributed by atoms with Crippen LogP contribution in [0.25, 0.3) is 0 Å². The van der Waals surface area contributed by atoms with E-state index >= 15 is 0 Å². The molecule has 1 aliphatic heterocycles. The molecule has 1 aromatic rings. The fourth-order valence-corrected chi connectivity index (χ4v) is 6.99. The smallest absolute Gasteiger partial charge is 0.328 e. The number of methoxy groups -OCH3 is 3. The van der Waals surface area contributed by atoms with Crippen LogP contribution in [0.1, 0.15) is 86.1 Å². The molecule has 0 saturated carbocycles. The highest BCUT2D eigenvalue weighted by molar-refractivity contribution is 5.92. The summed E-state index contributed by atoms with van der Waals surface area (Å²) in [5, 5.41) is 5.73. The van der Waals surface area contributed by atoms with E-state index in [0.717, 1.165) is 12.0 Å². The fraction of sp³-hybridized carbons (Fsp3) is 0.718. The first-order valence-corrected chi connectivity index (χ1v) is 18.6. The van der Waals surface area contributed by atoms with E-state index in [1.807, 2.05) is 65.0 Å². The summed E-state index contributed by atoms with van der Waals surface area (Å²) >= 11 is 0. The Morgan fingerprint density at radius 1 is 1.00 bits per heavy atom. The molecular formula is C39H65N5O8. The molecule has 0 spiro atoms. The lowest BCUT2D eigenvalue weighted by atomic mass is 9.89. The van der Waals surface area contributed by atoms with Gasteiger partial charge in [0.1, 0.15) is 12.1 Å². The molecule has 1 aliphatic rings. The molecule has 52 heavy (non-hydrogen) atoms. The average Bonchev–Trinajstić information content (AvgIpc) is 3.62. The molecule has 1 saturated heterocycles. The third-order valence-corrected chi connectivity index (χ3v) is 10.8. The molecular weight excluding hydrogens is 666 g/mol. The van der Waals surface area contributed by atoms with Crippen molar-refractivity contribution in [2.24, 2.45) is 23.5 Å². The van der Waals surface area contributed by atoms with Gasteiger partial charge in [-0.1, -0.05) is 78.3 Å². The van der Waals surface area contributed by atoms with Crippen molar-refractivity contribution < 1.29 is 38.2 Å². The maximum absolute atomic E-state index is 14.1. The summed E-state index contributed by atoms with van der Waals surface area (Å²) in [6, 6.07) is 6.76. The van der Waals surface area contributed by atoms with Gasteiger partial charge in [0.2, 0.25) is 23.6 Å². The Hall–Kier alpha value is -3.55. The second-order valence-electron chi connectivity index (χ2n) is 14.8. The SMILES string of the molecule is CCC(C)C(C(CC(=O)N1CCCC1C(OC)C(C)C(=O)NC(Cc1ccccc1)C(=O)OC)OC)N(C)C(=O)C(NC(=O)C(C)(N)CC)C(C)C. The topological polar surface area (TPSA) is 170 Å². The normalized spacial score (nSPS) is 19.7. The first-order valence-electron chi connectivity index (χ1n) is 18.6. The molecule has 1 fully saturated rings. The van der Waals surface area contributed by atoms with Crippen molar-refractivity contribution in [3.05, 3.63) is 35.9 Å². The van der Waals surface area contributed by atoms with Crippen molar-refractivity contribution in [1.82, 2.24) is 20.4 Å². The molecule has 1 heterocycles. The van der Waals surface area contributed by atoms with Gasteiger partial charge in [0, 0.05) is 34.2 Å². The fourth-order valence-electron chi connectivity index (χ4n) is 6.99. The highest BCUT2D eigenvalue weighted by atomic mass is 16.5. The Kier molecular flexibility index (Phi) is 17.7. The molecule has 13 nitrogen and oxygen atoms in total. The number of ether oxygens (including phenoxy) is 3. The van der Waals surface area contributed by atoms with Gasteiger partial charge in [-0.3, -0.25) is 19.2 Å². The monoisotopic (exact) mass is 731 g/mol. The molecule has 4 amide bonds. The van der Waals surface area contributed by atoms with E-state index in [1.165, 1.54) is 21.3 Å². The number of carbonyl (C=O) groups is 5. The van der Waals surface area contributed by atoms with E-state index in [9.17, 15) is 24.0 Å². The van der Waals surface area contributed by atoms with Crippen LogP contribution in [0.5, 0.6) is 0 Å². The van der Waals surface area contributed by atoms with Gasteiger partial charge in [0.05, 0.1) is 49.3 Å². The Morgan fingerprint density at radius 2 is 1.63 bits per heavy atom. The van der Waals surface area contributed by atoms with Crippen LogP contribution in [-0.2, 0) is 44.6 Å². The number of nitrogens with two attached hydrogens (primary N) is 1. The Balaban J connectivity index is 2.28. The first-order chi connectivity index (χ1) is 24.5. The van der Waals surface area contributed by atoms with Gasteiger partial charge in [0.15, 0.2) is 0 Å². The molecule has 9 unspecified atom stereocenters. The van der Waals surface area contributed by atoms with Crippen molar-refractivity contribution in [2.75, 3.05) is 34.9 Å². The molecule has 9 atom stereocenters. The third kappa shape index (κ3) is 11.5. The zero-order chi connectivity index (χ0) is 39.3. The van der Waals surface area contributed by atoms with Crippen LogP contribution in [0.4, 0.5) is 0 Å². The predicted octanol–water partition coefficient (Wildman–Crippen LogP) is 3.08. The minimum absolute atomic E-state index is 0.00641. The van der Waals surface area contributed by atoms with Gasteiger partial charge in [-0.25, -0.2) is 4.79 Å². The second-order valence-corrected chi connectivity index (χ2v) is 14.8. The molecule has 0 radical (unpaired) electrons. The number of hydrogen-bond acceptors (Lipinski definition) is 9. The number of esters is 1. The number of carbonyl (C=O) groups excluding carboxylic acids is 5. The van der Waals surface area contributed by atoms with Crippen molar-refractivity contribution in [3.63, 3.8) is 0 Å². The van der Waals surface area contributed by atoms with E-state index in [-0.39, 0.29) is 42.4 Å². The highest BCUT2D eigenvalue weighted by Crippen LogP contribution is 2.30. The maximum Gasteiger partial charge on any atom is 0.328 e. The number of likely N-dealkylation sites (tertiary alicyclic amines) is 1. The standard InChI is InChI=1S/C39H65N5O8/c1-12-25(5)33(43(8)36(47)32(24(3)4)42-38(49)39(7,40)13-2)30(50-9)23-31(45)44-21-17-20-29(44)34(51-10)26(6)35(46)41-28(37(48)52-11)22-27-18-15-14-16-19-27/h14-16,18-19,24-26,28-30,32-34H,12-13,17,20-23,40H2,1-11H3,(H,41,46)(H,42,49). The zero-order valence-electron chi connectivity index (χ0n) is 33.3. The summed E-state index contributed by atoms with van der Waals surface area (Å²) in [5.41, 5.74) is 5.94. The van der Waals surface area contributed by atoms with Gasteiger partial charge >= 0.3 is 5.97 Å². The highest BCUT2D eigenvalue weighted by Gasteiger charge is 2.43. The summed E-state index contributed by atoms with van der Waals surface area (Å²) in [4.78, 5) is 70.8. The average molecular weight is 732 g/mol. The summed E-state index contributed by atoms with van der Waals surface area (Å²) in [6.45, 7) is 13.4. The van der Waals surface area contributed by atoms with E-state index in [4.69, 9.17) is 19.9 Å². The maximum atomic E-state index is 14.1. The molecule has 13 heteroatoms. The lowest BCUT2D eigenvalue weighted by molar-refractivity contribution is -0.149. The van der Waals surface area contributed by atoms with Crippen molar-refractivity contribution in [3.8, 4) is 0 Å². The Morgan fingerprint density at radius 3 is 2.15 bits per heavy atom. The molecule has 0 aliphatic carbocycles. The zero-order valence-corrected chi connectivity index (χ0v) is 33.3. The number of rotatable bonds is 20. The van der Waals surface area contributed by atoms with Gasteiger partial charge in [0.25, 0.3) is 0 Å². The van der Waals surface area contributed by atoms with Gasteiger partial charge in [-0.05, 0) is 43.6 Å². The first kappa shape index (κ1) is 44.6. The van der Waals surface area contributed by atoms with Crippen molar-refractivity contribution in [1.29, 1.82) is 0 Å². The van der Waals surface area contributed by atoms with Crippen LogP contribution in [-0.4, -0.2) is 116 Å². The lowest BCUT2D eigenvalue weighted by Gasteiger charge is -2.41. The van der Waals surface area contributed by atoms with E-state index in [1.54, 1.807) is 30.7 Å². The van der Waals surface area contributed by atoms with Crippen molar-refractivity contribution >= 4 is 29.6 Å². The number of amides is 4. The van der Waals surface area contributed by atoms with E-state index < -0.39 is 59.7 Å². The molecule has 0 aromatic heterocycles. The molecule has 2 rings (SSSR count). The Bertz CT molecular complexity index is 1320. The summed E-state index contributed by atoms with van der Waals surface area (Å²) in [7, 11) is 6.03. The van der Waals surface area contributed by atoms with Crippen LogP contribution >= 0.6 is 0 Å². The summed E-state index contributed by atoms with van der Waals surface area (Å²) in [5.74, 6) is -2.77. The van der Waals surface area contributed by atoms with Gasteiger partial charge in [-0.15, -0.1) is 0 Å². The molecule has 294 valence electrons. The minimum atomic E-state index is -1.13. The third-order valence-electron chi connectivity index (χ3n) is 10.8. The second kappa shape index (κ2) is 20.6. The predicted molar refractivity (Wildman–Crippen MR) is 200 cm³/mol. The van der Waals surface area contributed by atoms with E-state index in [2.05, 4.69) is 10.6 Å². The van der Waals surface area contributed by atoms with Crippen LogP contribution < -0.4 is 16.4 Å². The van der Waals surface area contributed by atoms with Crippen molar-refractivity contribution in [2.45, 2.75) is 129 Å². The molecule has 4 N–H and O–H groups in total. The Labute approximate surface area is 311 Å². The lowest BCUT2D eigenvalue weighted by Crippen LogP contribution is -2.61.